The van der Waals surface area contributed by atoms with Crippen LogP contribution < -0.4 is 5.32 Å². The molecule has 0 radical (unpaired) electrons. The zero-order chi connectivity index (χ0) is 16.1. The number of benzene rings is 1. The molecule has 0 aromatic heterocycles. The average molecular weight is 312 g/mol. The summed E-state index contributed by atoms with van der Waals surface area (Å²) >= 11 is 0. The van der Waals surface area contributed by atoms with Crippen LogP contribution in [-0.4, -0.2) is 34.6 Å². The predicted octanol–water partition coefficient (Wildman–Crippen LogP) is 2.50. The highest BCUT2D eigenvalue weighted by Gasteiger charge is 2.32. The first-order valence-corrected chi connectivity index (χ1v) is 7.17. The third-order valence-corrected chi connectivity index (χ3v) is 3.45. The number of carboxylic acids is 1. The number of nitrogens with one attached hydrogen (secondary N) is 1. The molecule has 2 rings (SSSR count). The molecule has 0 spiro atoms. The standard InChI is InChI=1S/C15H18F2N2O3/c16-11-4-3-10(13(17)8-11)9-19(12-5-6-12)15(22)18-7-1-2-14(20)21/h3-4,8,12H,1-2,5-7,9H2,(H,18,22)(H,20,21). The zero-order valence-electron chi connectivity index (χ0n) is 12.0. The minimum absolute atomic E-state index is 0.0176. The molecule has 1 aromatic carbocycles. The molecule has 120 valence electrons. The van der Waals surface area contributed by atoms with Gasteiger partial charge in [-0.15, -0.1) is 0 Å². The maximum atomic E-state index is 13.7. The van der Waals surface area contributed by atoms with Gasteiger partial charge in [0.2, 0.25) is 0 Å². The number of hydrogen-bond acceptors (Lipinski definition) is 2. The predicted molar refractivity (Wildman–Crippen MR) is 75.2 cm³/mol. The molecule has 1 aromatic rings. The second-order valence-electron chi connectivity index (χ2n) is 5.32. The number of aliphatic carboxylic acids is 1. The van der Waals surface area contributed by atoms with E-state index in [9.17, 15) is 18.4 Å². The van der Waals surface area contributed by atoms with Gasteiger partial charge in [-0.05, 0) is 25.3 Å². The second kappa shape index (κ2) is 7.20. The summed E-state index contributed by atoms with van der Waals surface area (Å²) in [6, 6.07) is 3.00. The molecule has 1 aliphatic carbocycles. The average Bonchev–Trinajstić information content (AvgIpc) is 3.27. The van der Waals surface area contributed by atoms with Crippen molar-refractivity contribution in [3.05, 3.63) is 35.4 Å². The van der Waals surface area contributed by atoms with Gasteiger partial charge in [-0.1, -0.05) is 6.07 Å². The summed E-state index contributed by atoms with van der Waals surface area (Å²) < 4.78 is 26.6. The van der Waals surface area contributed by atoms with Crippen LogP contribution in [0.25, 0.3) is 0 Å². The van der Waals surface area contributed by atoms with Gasteiger partial charge in [0.05, 0.1) is 6.54 Å². The van der Waals surface area contributed by atoms with E-state index >= 15 is 0 Å². The van der Waals surface area contributed by atoms with E-state index in [4.69, 9.17) is 5.11 Å². The highest BCUT2D eigenvalue weighted by atomic mass is 19.1. The van der Waals surface area contributed by atoms with Crippen LogP contribution in [0.5, 0.6) is 0 Å². The van der Waals surface area contributed by atoms with Crippen LogP contribution in [0, 0.1) is 11.6 Å². The molecule has 5 nitrogen and oxygen atoms in total. The molecule has 0 unspecified atom stereocenters. The number of carbonyl (C=O) groups excluding carboxylic acids is 1. The lowest BCUT2D eigenvalue weighted by Gasteiger charge is -2.23. The largest absolute Gasteiger partial charge is 0.481 e. The van der Waals surface area contributed by atoms with Crippen LogP contribution in [0.3, 0.4) is 0 Å². The Labute approximate surface area is 126 Å². The first kappa shape index (κ1) is 16.2. The molecule has 2 N–H and O–H groups in total. The number of urea groups is 1. The minimum atomic E-state index is -0.915. The van der Waals surface area contributed by atoms with Crippen molar-refractivity contribution in [3.63, 3.8) is 0 Å². The Morgan fingerprint density at radius 2 is 2.05 bits per heavy atom. The molecule has 0 bridgehead atoms. The summed E-state index contributed by atoms with van der Waals surface area (Å²) in [6.07, 6.45) is 2.03. The van der Waals surface area contributed by atoms with Gasteiger partial charge < -0.3 is 15.3 Å². The first-order valence-electron chi connectivity index (χ1n) is 7.17. The van der Waals surface area contributed by atoms with Crippen molar-refractivity contribution in [3.8, 4) is 0 Å². The maximum absolute atomic E-state index is 13.7. The van der Waals surface area contributed by atoms with Crippen molar-refractivity contribution in [2.45, 2.75) is 38.3 Å². The molecule has 0 heterocycles. The number of halogens is 2. The molecular weight excluding hydrogens is 294 g/mol. The highest BCUT2D eigenvalue weighted by molar-refractivity contribution is 5.75. The number of nitrogens with zero attached hydrogens (tertiary/aromatic N) is 1. The van der Waals surface area contributed by atoms with E-state index in [1.165, 1.54) is 11.0 Å². The van der Waals surface area contributed by atoms with E-state index in [0.29, 0.717) is 6.42 Å². The number of amides is 2. The Balaban J connectivity index is 1.92. The van der Waals surface area contributed by atoms with Crippen LogP contribution >= 0.6 is 0 Å². The van der Waals surface area contributed by atoms with E-state index in [1.54, 1.807) is 0 Å². The van der Waals surface area contributed by atoms with Crippen molar-refractivity contribution >= 4 is 12.0 Å². The molecular formula is C15H18F2N2O3. The number of carbonyl (C=O) groups is 2. The number of rotatable bonds is 7. The smallest absolute Gasteiger partial charge is 0.317 e. The van der Waals surface area contributed by atoms with Gasteiger partial charge >= 0.3 is 12.0 Å². The molecule has 1 fully saturated rings. The SMILES string of the molecule is O=C(O)CCCNC(=O)N(Cc1ccc(F)cc1F)C1CC1. The molecule has 2 amide bonds. The zero-order valence-corrected chi connectivity index (χ0v) is 12.0. The van der Waals surface area contributed by atoms with Gasteiger partial charge in [-0.2, -0.15) is 0 Å². The third kappa shape index (κ3) is 4.68. The van der Waals surface area contributed by atoms with Crippen molar-refractivity contribution in [2.24, 2.45) is 0 Å². The lowest BCUT2D eigenvalue weighted by atomic mass is 10.2. The Bertz CT molecular complexity index is 562. The third-order valence-electron chi connectivity index (χ3n) is 3.45. The molecule has 0 atom stereocenters. The second-order valence-corrected chi connectivity index (χ2v) is 5.32. The van der Waals surface area contributed by atoms with Crippen LogP contribution in [0.15, 0.2) is 18.2 Å². The Hall–Kier alpha value is -2.18. The molecule has 7 heteroatoms. The van der Waals surface area contributed by atoms with Gasteiger partial charge in [0.15, 0.2) is 0 Å². The lowest BCUT2D eigenvalue weighted by Crippen LogP contribution is -2.41. The highest BCUT2D eigenvalue weighted by Crippen LogP contribution is 2.29. The van der Waals surface area contributed by atoms with E-state index in [2.05, 4.69) is 5.32 Å². The molecule has 0 saturated heterocycles. The monoisotopic (exact) mass is 312 g/mol. The van der Waals surface area contributed by atoms with Crippen LogP contribution in [0.2, 0.25) is 0 Å². The van der Waals surface area contributed by atoms with Crippen LogP contribution in [0.1, 0.15) is 31.2 Å². The van der Waals surface area contributed by atoms with Gasteiger partial charge in [0.1, 0.15) is 11.6 Å². The summed E-state index contributed by atoms with van der Waals surface area (Å²) in [7, 11) is 0. The van der Waals surface area contributed by atoms with Gasteiger partial charge in [0.25, 0.3) is 0 Å². The Morgan fingerprint density at radius 3 is 2.64 bits per heavy atom. The quantitative estimate of drug-likeness (QED) is 0.760. The fourth-order valence-electron chi connectivity index (χ4n) is 2.12. The summed E-state index contributed by atoms with van der Waals surface area (Å²) in [5, 5.41) is 11.2. The molecule has 0 aliphatic heterocycles. The van der Waals surface area contributed by atoms with Crippen molar-refractivity contribution in [2.75, 3.05) is 6.54 Å². The van der Waals surface area contributed by atoms with Gasteiger partial charge in [0, 0.05) is 30.6 Å². The normalized spacial score (nSPS) is 13.7. The Morgan fingerprint density at radius 1 is 1.32 bits per heavy atom. The molecule has 1 aliphatic rings. The summed E-state index contributed by atoms with van der Waals surface area (Å²) in [5.41, 5.74) is 0.258. The van der Waals surface area contributed by atoms with E-state index in [1.807, 2.05) is 0 Å². The summed E-state index contributed by atoms with van der Waals surface area (Å²) in [4.78, 5) is 24.0. The molecule has 22 heavy (non-hydrogen) atoms. The van der Waals surface area contributed by atoms with Gasteiger partial charge in [-0.3, -0.25) is 4.79 Å². The topological polar surface area (TPSA) is 69.6 Å². The minimum Gasteiger partial charge on any atom is -0.481 e. The van der Waals surface area contributed by atoms with Crippen LogP contribution in [0.4, 0.5) is 13.6 Å². The van der Waals surface area contributed by atoms with Crippen molar-refractivity contribution in [1.29, 1.82) is 0 Å². The van der Waals surface area contributed by atoms with E-state index < -0.39 is 17.6 Å². The Kier molecular flexibility index (Phi) is 5.30. The fraction of sp³-hybridized carbons (Fsp3) is 0.467. The van der Waals surface area contributed by atoms with Crippen molar-refractivity contribution < 1.29 is 23.5 Å². The van der Waals surface area contributed by atoms with Gasteiger partial charge in [-0.25, -0.2) is 13.6 Å². The lowest BCUT2D eigenvalue weighted by molar-refractivity contribution is -0.137. The molecule has 1 saturated carbocycles. The summed E-state index contributed by atoms with van der Waals surface area (Å²) in [6.45, 7) is 0.321. The van der Waals surface area contributed by atoms with E-state index in [0.717, 1.165) is 25.0 Å². The maximum Gasteiger partial charge on any atom is 0.317 e. The first-order chi connectivity index (χ1) is 10.5. The summed E-state index contributed by atoms with van der Waals surface area (Å²) in [5.74, 6) is -2.25. The number of hydrogen-bond donors (Lipinski definition) is 2. The van der Waals surface area contributed by atoms with E-state index in [-0.39, 0.29) is 37.1 Å². The van der Waals surface area contributed by atoms with Crippen LogP contribution in [-0.2, 0) is 11.3 Å². The fourth-order valence-corrected chi connectivity index (χ4v) is 2.12. The van der Waals surface area contributed by atoms with Crippen molar-refractivity contribution in [1.82, 2.24) is 10.2 Å². The number of carboxylic acid groups (broad SMARTS) is 1.